The van der Waals surface area contributed by atoms with Gasteiger partial charge in [-0.3, -0.25) is 4.79 Å². The van der Waals surface area contributed by atoms with E-state index in [0.717, 1.165) is 29.8 Å². The summed E-state index contributed by atoms with van der Waals surface area (Å²) in [7, 11) is 0. The Morgan fingerprint density at radius 1 is 0.810 bits per heavy atom. The molecule has 0 radical (unpaired) electrons. The number of anilines is 2. The van der Waals surface area contributed by atoms with Gasteiger partial charge in [0.15, 0.2) is 0 Å². The first-order chi connectivity index (χ1) is 10.1. The first kappa shape index (κ1) is 14.9. The lowest BCUT2D eigenvalue weighted by atomic mass is 10.1. The summed E-state index contributed by atoms with van der Waals surface area (Å²) in [5.74, 6) is 0.0715. The van der Waals surface area contributed by atoms with Crippen LogP contribution in [-0.4, -0.2) is 12.5 Å². The molecule has 0 bridgehead atoms. The van der Waals surface area contributed by atoms with Crippen molar-refractivity contribution in [3.63, 3.8) is 0 Å². The highest BCUT2D eigenvalue weighted by Gasteiger charge is 2.02. The number of carbonyl (C=O) groups is 1. The van der Waals surface area contributed by atoms with Crippen LogP contribution in [0.15, 0.2) is 48.5 Å². The van der Waals surface area contributed by atoms with Gasteiger partial charge in [0, 0.05) is 24.3 Å². The quantitative estimate of drug-likeness (QED) is 0.710. The molecule has 4 nitrogen and oxygen atoms in total. The monoisotopic (exact) mass is 283 g/mol. The van der Waals surface area contributed by atoms with E-state index in [1.165, 1.54) is 5.56 Å². The van der Waals surface area contributed by atoms with Crippen molar-refractivity contribution in [3.05, 3.63) is 59.7 Å². The standard InChI is InChI=1S/C17H21N3O/c18-15-6-1-13(2-7-15)5-10-17(21)20-12-11-14-3-8-16(19)9-4-14/h1-4,6-9H,5,10-12,18-19H2,(H,20,21). The molecule has 0 unspecified atom stereocenters. The van der Waals surface area contributed by atoms with Gasteiger partial charge in [0.05, 0.1) is 0 Å². The second-order valence-electron chi connectivity index (χ2n) is 5.08. The Morgan fingerprint density at radius 3 is 1.81 bits per heavy atom. The first-order valence-electron chi connectivity index (χ1n) is 7.09. The topological polar surface area (TPSA) is 81.1 Å². The number of nitrogen functional groups attached to an aromatic ring is 2. The molecule has 1 amide bonds. The summed E-state index contributed by atoms with van der Waals surface area (Å²) < 4.78 is 0. The molecule has 0 heterocycles. The van der Waals surface area contributed by atoms with Crippen molar-refractivity contribution in [1.82, 2.24) is 5.32 Å². The minimum Gasteiger partial charge on any atom is -0.399 e. The van der Waals surface area contributed by atoms with E-state index in [1.807, 2.05) is 48.5 Å². The normalized spacial score (nSPS) is 10.3. The van der Waals surface area contributed by atoms with Gasteiger partial charge in [-0.15, -0.1) is 0 Å². The van der Waals surface area contributed by atoms with Crippen LogP contribution in [0.2, 0.25) is 0 Å². The van der Waals surface area contributed by atoms with Crippen molar-refractivity contribution in [2.75, 3.05) is 18.0 Å². The van der Waals surface area contributed by atoms with Gasteiger partial charge in [-0.2, -0.15) is 0 Å². The smallest absolute Gasteiger partial charge is 0.220 e. The molecule has 2 aromatic rings. The highest BCUT2D eigenvalue weighted by atomic mass is 16.1. The van der Waals surface area contributed by atoms with Gasteiger partial charge in [0.1, 0.15) is 0 Å². The Labute approximate surface area is 125 Å². The van der Waals surface area contributed by atoms with Crippen LogP contribution < -0.4 is 16.8 Å². The SMILES string of the molecule is Nc1ccc(CCNC(=O)CCc2ccc(N)cc2)cc1. The average molecular weight is 283 g/mol. The second kappa shape index (κ2) is 7.33. The van der Waals surface area contributed by atoms with E-state index < -0.39 is 0 Å². The number of rotatable bonds is 6. The predicted molar refractivity (Wildman–Crippen MR) is 86.7 cm³/mol. The van der Waals surface area contributed by atoms with Crippen LogP contribution in [0, 0.1) is 0 Å². The summed E-state index contributed by atoms with van der Waals surface area (Å²) in [5.41, 5.74) is 15.0. The maximum Gasteiger partial charge on any atom is 0.220 e. The Morgan fingerprint density at radius 2 is 1.29 bits per heavy atom. The van der Waals surface area contributed by atoms with Crippen LogP contribution in [0.3, 0.4) is 0 Å². The highest BCUT2D eigenvalue weighted by Crippen LogP contribution is 2.08. The van der Waals surface area contributed by atoms with Crippen molar-refractivity contribution in [3.8, 4) is 0 Å². The molecule has 4 heteroatoms. The van der Waals surface area contributed by atoms with Crippen molar-refractivity contribution in [2.24, 2.45) is 0 Å². The van der Waals surface area contributed by atoms with Gasteiger partial charge in [-0.05, 0) is 48.2 Å². The van der Waals surface area contributed by atoms with E-state index in [-0.39, 0.29) is 5.91 Å². The molecule has 0 spiro atoms. The van der Waals surface area contributed by atoms with Crippen LogP contribution >= 0.6 is 0 Å². The Hall–Kier alpha value is -2.49. The molecule has 0 fully saturated rings. The van der Waals surface area contributed by atoms with Crippen molar-refractivity contribution < 1.29 is 4.79 Å². The summed E-state index contributed by atoms with van der Waals surface area (Å²) in [6.45, 7) is 0.643. The van der Waals surface area contributed by atoms with Crippen molar-refractivity contribution >= 4 is 17.3 Å². The number of benzene rings is 2. The van der Waals surface area contributed by atoms with Crippen LogP contribution in [0.1, 0.15) is 17.5 Å². The van der Waals surface area contributed by atoms with Crippen molar-refractivity contribution in [2.45, 2.75) is 19.3 Å². The first-order valence-corrected chi connectivity index (χ1v) is 7.09. The molecule has 0 saturated heterocycles. The van der Waals surface area contributed by atoms with E-state index in [0.29, 0.717) is 13.0 Å². The molecule has 0 aliphatic heterocycles. The summed E-state index contributed by atoms with van der Waals surface area (Å²) in [4.78, 5) is 11.8. The molecule has 0 saturated carbocycles. The molecule has 2 aromatic carbocycles. The predicted octanol–water partition coefficient (Wildman–Crippen LogP) is 2.14. The van der Waals surface area contributed by atoms with E-state index in [9.17, 15) is 4.79 Å². The fourth-order valence-electron chi connectivity index (χ4n) is 2.06. The zero-order valence-corrected chi connectivity index (χ0v) is 12.0. The molecular formula is C17H21N3O. The van der Waals surface area contributed by atoms with Crippen LogP contribution in [-0.2, 0) is 17.6 Å². The van der Waals surface area contributed by atoms with E-state index >= 15 is 0 Å². The molecule has 0 aliphatic carbocycles. The molecule has 21 heavy (non-hydrogen) atoms. The zero-order valence-electron chi connectivity index (χ0n) is 12.0. The summed E-state index contributed by atoms with van der Waals surface area (Å²) in [6.07, 6.45) is 2.04. The molecule has 0 atom stereocenters. The number of amides is 1. The molecule has 110 valence electrons. The second-order valence-corrected chi connectivity index (χ2v) is 5.08. The number of hydrogen-bond acceptors (Lipinski definition) is 3. The lowest BCUT2D eigenvalue weighted by Gasteiger charge is -2.06. The van der Waals surface area contributed by atoms with Gasteiger partial charge in [-0.25, -0.2) is 0 Å². The minimum atomic E-state index is 0.0715. The number of nitrogens with one attached hydrogen (secondary N) is 1. The number of aryl methyl sites for hydroxylation is 1. The fourth-order valence-corrected chi connectivity index (χ4v) is 2.06. The third-order valence-electron chi connectivity index (χ3n) is 3.34. The summed E-state index contributed by atoms with van der Waals surface area (Å²) in [5, 5.41) is 2.93. The summed E-state index contributed by atoms with van der Waals surface area (Å²) in [6, 6.07) is 15.3. The Balaban J connectivity index is 1.67. The van der Waals surface area contributed by atoms with Gasteiger partial charge < -0.3 is 16.8 Å². The molecule has 0 aromatic heterocycles. The Bertz CT molecular complexity index is 576. The number of carbonyl (C=O) groups excluding carboxylic acids is 1. The molecule has 5 N–H and O–H groups in total. The molecular weight excluding hydrogens is 262 g/mol. The maximum absolute atomic E-state index is 11.8. The molecule has 2 rings (SSSR count). The Kier molecular flexibility index (Phi) is 5.21. The van der Waals surface area contributed by atoms with Crippen LogP contribution in [0.25, 0.3) is 0 Å². The third-order valence-corrected chi connectivity index (χ3v) is 3.34. The average Bonchev–Trinajstić information content (AvgIpc) is 2.49. The fraction of sp³-hybridized carbons (Fsp3) is 0.235. The van der Waals surface area contributed by atoms with Crippen LogP contribution in [0.4, 0.5) is 11.4 Å². The van der Waals surface area contributed by atoms with Crippen molar-refractivity contribution in [1.29, 1.82) is 0 Å². The third kappa shape index (κ3) is 5.18. The number of nitrogens with two attached hydrogens (primary N) is 2. The van der Waals surface area contributed by atoms with E-state index in [1.54, 1.807) is 0 Å². The van der Waals surface area contributed by atoms with Gasteiger partial charge in [0.2, 0.25) is 5.91 Å². The maximum atomic E-state index is 11.8. The highest BCUT2D eigenvalue weighted by molar-refractivity contribution is 5.76. The largest absolute Gasteiger partial charge is 0.399 e. The van der Waals surface area contributed by atoms with Gasteiger partial charge in [0.25, 0.3) is 0 Å². The van der Waals surface area contributed by atoms with Gasteiger partial charge >= 0.3 is 0 Å². The van der Waals surface area contributed by atoms with E-state index in [2.05, 4.69) is 5.32 Å². The van der Waals surface area contributed by atoms with E-state index in [4.69, 9.17) is 11.5 Å². The lowest BCUT2D eigenvalue weighted by molar-refractivity contribution is -0.121. The van der Waals surface area contributed by atoms with Crippen LogP contribution in [0.5, 0.6) is 0 Å². The minimum absolute atomic E-state index is 0.0715. The lowest BCUT2D eigenvalue weighted by Crippen LogP contribution is -2.25. The van der Waals surface area contributed by atoms with Gasteiger partial charge in [-0.1, -0.05) is 24.3 Å². The summed E-state index contributed by atoms with van der Waals surface area (Å²) >= 11 is 0. The number of hydrogen-bond donors (Lipinski definition) is 3. The molecule has 0 aliphatic rings. The zero-order chi connectivity index (χ0) is 15.1.